The van der Waals surface area contributed by atoms with Crippen LogP contribution in [0.2, 0.25) is 0 Å². The Labute approximate surface area is 123 Å². The van der Waals surface area contributed by atoms with Crippen molar-refractivity contribution in [2.75, 3.05) is 11.4 Å². The number of aliphatic carboxylic acids is 1. The summed E-state index contributed by atoms with van der Waals surface area (Å²) in [5.41, 5.74) is 2.12. The average Bonchev–Trinajstić information content (AvgIpc) is 2.67. The van der Waals surface area contributed by atoms with Crippen molar-refractivity contribution in [1.82, 2.24) is 0 Å². The van der Waals surface area contributed by atoms with Crippen LogP contribution in [0.4, 0.5) is 5.69 Å². The lowest BCUT2D eigenvalue weighted by Crippen LogP contribution is -2.30. The van der Waals surface area contributed by atoms with Crippen molar-refractivity contribution in [3.05, 3.63) is 29.3 Å². The minimum atomic E-state index is -0.935. The summed E-state index contributed by atoms with van der Waals surface area (Å²) >= 11 is 0. The zero-order valence-electron chi connectivity index (χ0n) is 12.4. The number of hydrogen-bond donors (Lipinski definition) is 1. The molecule has 1 aliphatic heterocycles. The zero-order valence-corrected chi connectivity index (χ0v) is 12.4. The molecule has 0 aromatic heterocycles. The maximum atomic E-state index is 12.2. The minimum Gasteiger partial charge on any atom is -0.481 e. The van der Waals surface area contributed by atoms with Gasteiger partial charge in [0.2, 0.25) is 5.91 Å². The van der Waals surface area contributed by atoms with Crippen molar-refractivity contribution in [1.29, 1.82) is 0 Å². The van der Waals surface area contributed by atoms with E-state index in [1.807, 2.05) is 13.8 Å². The van der Waals surface area contributed by atoms with Crippen LogP contribution >= 0.6 is 0 Å². The second-order valence-corrected chi connectivity index (χ2v) is 5.65. The minimum absolute atomic E-state index is 0.0430. The predicted octanol–water partition coefficient (Wildman–Crippen LogP) is 2.45. The second-order valence-electron chi connectivity index (χ2n) is 5.65. The van der Waals surface area contributed by atoms with Crippen LogP contribution in [0, 0.1) is 5.92 Å². The first-order valence-corrected chi connectivity index (χ1v) is 7.04. The molecule has 0 aliphatic carbocycles. The quantitative estimate of drug-likeness (QED) is 0.845. The highest BCUT2D eigenvalue weighted by molar-refractivity contribution is 6.06. The second kappa shape index (κ2) is 5.68. The van der Waals surface area contributed by atoms with Crippen molar-refractivity contribution in [3.63, 3.8) is 0 Å². The summed E-state index contributed by atoms with van der Waals surface area (Å²) in [6, 6.07) is 5.22. The third-order valence-electron chi connectivity index (χ3n) is 3.78. The van der Waals surface area contributed by atoms with Crippen LogP contribution in [0.1, 0.15) is 49.0 Å². The SMILES string of the molecule is CC(C)C(=O)c1ccc2c(c1)C(C)C(=O)N2CCC(=O)O. The summed E-state index contributed by atoms with van der Waals surface area (Å²) < 4.78 is 0. The first-order chi connectivity index (χ1) is 9.82. The highest BCUT2D eigenvalue weighted by Crippen LogP contribution is 2.38. The Morgan fingerprint density at radius 3 is 2.57 bits per heavy atom. The number of amides is 1. The van der Waals surface area contributed by atoms with Crippen LogP contribution in [0.15, 0.2) is 18.2 Å². The Bertz CT molecular complexity index is 606. The van der Waals surface area contributed by atoms with Crippen LogP contribution in [0.3, 0.4) is 0 Å². The summed E-state index contributed by atoms with van der Waals surface area (Å²) in [5, 5.41) is 8.77. The van der Waals surface area contributed by atoms with E-state index in [-0.39, 0.29) is 36.5 Å². The largest absolute Gasteiger partial charge is 0.481 e. The smallest absolute Gasteiger partial charge is 0.305 e. The molecule has 1 unspecified atom stereocenters. The van der Waals surface area contributed by atoms with Crippen molar-refractivity contribution in [2.24, 2.45) is 5.92 Å². The molecule has 21 heavy (non-hydrogen) atoms. The van der Waals surface area contributed by atoms with E-state index in [0.717, 1.165) is 5.56 Å². The molecule has 0 spiro atoms. The van der Waals surface area contributed by atoms with Crippen LogP contribution in [0.25, 0.3) is 0 Å². The van der Waals surface area contributed by atoms with E-state index in [1.54, 1.807) is 25.1 Å². The molecule has 0 fully saturated rings. The average molecular weight is 289 g/mol. The van der Waals surface area contributed by atoms with E-state index < -0.39 is 5.97 Å². The zero-order chi connectivity index (χ0) is 15.7. The van der Waals surface area contributed by atoms with Gasteiger partial charge in [-0.25, -0.2) is 0 Å². The van der Waals surface area contributed by atoms with Gasteiger partial charge in [0.25, 0.3) is 0 Å². The number of fused-ring (bicyclic) bond motifs is 1. The van der Waals surface area contributed by atoms with Crippen molar-refractivity contribution < 1.29 is 19.5 Å². The first-order valence-electron chi connectivity index (χ1n) is 7.04. The summed E-state index contributed by atoms with van der Waals surface area (Å²) in [6.07, 6.45) is -0.0927. The van der Waals surface area contributed by atoms with E-state index in [4.69, 9.17) is 5.11 Å². The van der Waals surface area contributed by atoms with Gasteiger partial charge in [-0.1, -0.05) is 13.8 Å². The number of hydrogen-bond acceptors (Lipinski definition) is 3. The summed E-state index contributed by atoms with van der Waals surface area (Å²) in [7, 11) is 0. The molecule has 5 heteroatoms. The molecular weight excluding hydrogens is 270 g/mol. The molecule has 0 saturated heterocycles. The van der Waals surface area contributed by atoms with E-state index in [9.17, 15) is 14.4 Å². The lowest BCUT2D eigenvalue weighted by molar-refractivity contribution is -0.136. The number of nitrogens with zero attached hydrogens (tertiary/aromatic N) is 1. The number of ketones is 1. The summed E-state index contributed by atoms with van der Waals surface area (Å²) in [5.74, 6) is -1.44. The van der Waals surface area contributed by atoms with E-state index >= 15 is 0 Å². The Morgan fingerprint density at radius 1 is 1.33 bits per heavy atom. The number of benzene rings is 1. The Balaban J connectivity index is 2.34. The van der Waals surface area contributed by atoms with Gasteiger partial charge in [-0.15, -0.1) is 0 Å². The maximum Gasteiger partial charge on any atom is 0.305 e. The molecule has 1 atom stereocenters. The van der Waals surface area contributed by atoms with Crippen LogP contribution in [-0.2, 0) is 9.59 Å². The number of Topliss-reactive ketones (excluding diaryl/α,β-unsaturated/α-hetero) is 1. The molecular formula is C16H19NO4. The summed E-state index contributed by atoms with van der Waals surface area (Å²) in [6.45, 7) is 5.61. The van der Waals surface area contributed by atoms with Gasteiger partial charge >= 0.3 is 5.97 Å². The van der Waals surface area contributed by atoms with Crippen LogP contribution in [-0.4, -0.2) is 29.3 Å². The van der Waals surface area contributed by atoms with Gasteiger partial charge < -0.3 is 10.0 Å². The van der Waals surface area contributed by atoms with Gasteiger partial charge in [0.1, 0.15) is 0 Å². The van der Waals surface area contributed by atoms with Gasteiger partial charge in [0.15, 0.2) is 5.78 Å². The third kappa shape index (κ3) is 2.82. The number of carbonyl (C=O) groups is 3. The molecule has 1 aromatic carbocycles. The Morgan fingerprint density at radius 2 is 2.00 bits per heavy atom. The van der Waals surface area contributed by atoms with Crippen molar-refractivity contribution >= 4 is 23.3 Å². The van der Waals surface area contributed by atoms with E-state index in [2.05, 4.69) is 0 Å². The lowest BCUT2D eigenvalue weighted by atomic mass is 9.95. The standard InChI is InChI=1S/C16H19NO4/c1-9(2)15(20)11-4-5-13-12(8-11)10(3)16(21)17(13)7-6-14(18)19/h4-5,8-10H,6-7H2,1-3H3,(H,18,19). The first kappa shape index (κ1) is 15.2. The molecule has 0 saturated carbocycles. The van der Waals surface area contributed by atoms with Gasteiger partial charge in [0.05, 0.1) is 12.3 Å². The van der Waals surface area contributed by atoms with E-state index in [1.165, 1.54) is 4.90 Å². The normalized spacial score (nSPS) is 17.2. The predicted molar refractivity (Wildman–Crippen MR) is 78.6 cm³/mol. The molecule has 1 aromatic rings. The lowest BCUT2D eigenvalue weighted by Gasteiger charge is -2.16. The molecule has 1 amide bonds. The molecule has 2 rings (SSSR count). The Kier molecular flexibility index (Phi) is 4.11. The molecule has 112 valence electrons. The number of carbonyl (C=O) groups excluding carboxylic acids is 2. The van der Waals surface area contributed by atoms with Gasteiger partial charge in [-0.3, -0.25) is 14.4 Å². The third-order valence-corrected chi connectivity index (χ3v) is 3.78. The monoisotopic (exact) mass is 289 g/mol. The molecule has 5 nitrogen and oxygen atoms in total. The fraction of sp³-hybridized carbons (Fsp3) is 0.438. The Hall–Kier alpha value is -2.17. The number of anilines is 1. The maximum absolute atomic E-state index is 12.2. The van der Waals surface area contributed by atoms with Gasteiger partial charge in [0, 0.05) is 23.7 Å². The van der Waals surface area contributed by atoms with Gasteiger partial charge in [-0.05, 0) is 30.7 Å². The molecule has 0 bridgehead atoms. The molecule has 1 aliphatic rings. The number of carboxylic acid groups (broad SMARTS) is 1. The highest BCUT2D eigenvalue weighted by atomic mass is 16.4. The van der Waals surface area contributed by atoms with Crippen molar-refractivity contribution in [3.8, 4) is 0 Å². The summed E-state index contributed by atoms with van der Waals surface area (Å²) in [4.78, 5) is 36.5. The molecule has 1 N–H and O–H groups in total. The van der Waals surface area contributed by atoms with Crippen LogP contribution in [0.5, 0.6) is 0 Å². The molecule has 0 radical (unpaired) electrons. The highest BCUT2D eigenvalue weighted by Gasteiger charge is 2.34. The van der Waals surface area contributed by atoms with E-state index in [0.29, 0.717) is 11.3 Å². The number of carboxylic acids is 1. The fourth-order valence-electron chi connectivity index (χ4n) is 2.56. The fourth-order valence-corrected chi connectivity index (χ4v) is 2.56. The topological polar surface area (TPSA) is 74.7 Å². The molecule has 1 heterocycles. The van der Waals surface area contributed by atoms with Gasteiger partial charge in [-0.2, -0.15) is 0 Å². The van der Waals surface area contributed by atoms with Crippen LogP contribution < -0.4 is 4.90 Å². The van der Waals surface area contributed by atoms with Crippen molar-refractivity contribution in [2.45, 2.75) is 33.1 Å². The number of rotatable bonds is 5.